The van der Waals surface area contributed by atoms with Crippen molar-refractivity contribution in [1.29, 1.82) is 0 Å². The molecule has 1 aromatic carbocycles. The Kier molecular flexibility index (Phi) is 5.15. The second kappa shape index (κ2) is 6.39. The van der Waals surface area contributed by atoms with Crippen LogP contribution in [0.3, 0.4) is 0 Å². The lowest BCUT2D eigenvalue weighted by molar-refractivity contribution is -0.118. The molecule has 0 aliphatic carbocycles. The van der Waals surface area contributed by atoms with E-state index in [1.807, 2.05) is 13.8 Å². The van der Waals surface area contributed by atoms with Gasteiger partial charge in [0.2, 0.25) is 5.91 Å². The maximum atomic E-state index is 11.9. The fraction of sp³-hybridized carbons (Fsp3) is 0.417. The minimum Gasteiger partial charge on any atom is -0.398 e. The van der Waals surface area contributed by atoms with Crippen LogP contribution >= 0.6 is 0 Å². The summed E-state index contributed by atoms with van der Waals surface area (Å²) in [5.41, 5.74) is 6.16. The lowest BCUT2D eigenvalue weighted by Crippen LogP contribution is -2.31. The molecule has 1 unspecified atom stereocenters. The number of carbonyl (C=O) groups excluding carboxylic acids is 1. The Morgan fingerprint density at radius 3 is 2.65 bits per heavy atom. The summed E-state index contributed by atoms with van der Waals surface area (Å²) in [6.07, 6.45) is 0. The van der Waals surface area contributed by atoms with E-state index in [9.17, 15) is 9.00 Å². The van der Waals surface area contributed by atoms with Gasteiger partial charge in [0, 0.05) is 12.2 Å². The molecule has 5 heteroatoms. The third-order valence-corrected chi connectivity index (χ3v) is 3.52. The van der Waals surface area contributed by atoms with E-state index in [4.69, 9.17) is 5.73 Å². The summed E-state index contributed by atoms with van der Waals surface area (Å²) in [6.45, 7) is 4.61. The largest absolute Gasteiger partial charge is 0.398 e. The Bertz CT molecular complexity index is 419. The van der Waals surface area contributed by atoms with Crippen LogP contribution in [0.5, 0.6) is 0 Å². The summed E-state index contributed by atoms with van der Waals surface area (Å²) in [6, 6.07) is 6.89. The number of rotatable bonds is 5. The first kappa shape index (κ1) is 13.7. The van der Waals surface area contributed by atoms with E-state index in [2.05, 4.69) is 5.32 Å². The smallest absolute Gasteiger partial charge is 0.233 e. The van der Waals surface area contributed by atoms with Crippen LogP contribution < -0.4 is 11.1 Å². The highest BCUT2D eigenvalue weighted by Gasteiger charge is 2.12. The molecule has 0 saturated carbocycles. The van der Waals surface area contributed by atoms with Crippen molar-refractivity contribution in [2.24, 2.45) is 5.92 Å². The van der Waals surface area contributed by atoms with Crippen LogP contribution in [0.2, 0.25) is 0 Å². The second-order valence-electron chi connectivity index (χ2n) is 4.23. The van der Waals surface area contributed by atoms with Gasteiger partial charge in [0.05, 0.1) is 15.7 Å². The van der Waals surface area contributed by atoms with Crippen LogP contribution in [0.15, 0.2) is 29.2 Å². The van der Waals surface area contributed by atoms with Crippen LogP contribution in [-0.4, -0.2) is 22.4 Å². The van der Waals surface area contributed by atoms with Gasteiger partial charge in [0.1, 0.15) is 5.75 Å². The monoisotopic (exact) mass is 254 g/mol. The molecule has 0 heterocycles. The normalized spacial score (nSPS) is 12.4. The zero-order chi connectivity index (χ0) is 12.8. The van der Waals surface area contributed by atoms with Gasteiger partial charge in [-0.2, -0.15) is 0 Å². The predicted octanol–water partition coefficient (Wildman–Crippen LogP) is 1.15. The maximum Gasteiger partial charge on any atom is 0.233 e. The van der Waals surface area contributed by atoms with E-state index in [-0.39, 0.29) is 11.7 Å². The molecule has 3 N–H and O–H groups in total. The Labute approximate surface area is 104 Å². The molecule has 0 aromatic heterocycles. The maximum absolute atomic E-state index is 11.9. The standard InChI is InChI=1S/C12H18N2O2S/c1-9(2)7-14-12(15)8-17(16)11-6-4-3-5-10(11)13/h3-6,9H,7-8,13H2,1-2H3,(H,14,15). The van der Waals surface area contributed by atoms with E-state index in [0.29, 0.717) is 23.0 Å². The average Bonchev–Trinajstić information content (AvgIpc) is 2.26. The summed E-state index contributed by atoms with van der Waals surface area (Å²) >= 11 is 0. The Balaban J connectivity index is 2.55. The first-order valence-corrected chi connectivity index (χ1v) is 6.82. The number of nitrogen functional groups attached to an aromatic ring is 1. The number of para-hydroxylation sites is 1. The molecule has 94 valence electrons. The lowest BCUT2D eigenvalue weighted by atomic mass is 10.2. The Hall–Kier alpha value is -1.36. The number of hydrogen-bond donors (Lipinski definition) is 2. The van der Waals surface area contributed by atoms with Crippen molar-refractivity contribution in [3.8, 4) is 0 Å². The molecule has 17 heavy (non-hydrogen) atoms. The Morgan fingerprint density at radius 1 is 1.41 bits per heavy atom. The van der Waals surface area contributed by atoms with E-state index in [0.717, 1.165) is 0 Å². The van der Waals surface area contributed by atoms with Crippen LogP contribution in [-0.2, 0) is 15.6 Å². The zero-order valence-corrected chi connectivity index (χ0v) is 10.9. The van der Waals surface area contributed by atoms with Crippen molar-refractivity contribution in [3.05, 3.63) is 24.3 Å². The molecule has 0 fully saturated rings. The second-order valence-corrected chi connectivity index (χ2v) is 5.65. The van der Waals surface area contributed by atoms with E-state index >= 15 is 0 Å². The van der Waals surface area contributed by atoms with E-state index in [1.165, 1.54) is 0 Å². The van der Waals surface area contributed by atoms with Crippen molar-refractivity contribution in [1.82, 2.24) is 5.32 Å². The molecule has 1 atom stereocenters. The van der Waals surface area contributed by atoms with Gasteiger partial charge in [-0.15, -0.1) is 0 Å². The van der Waals surface area contributed by atoms with Gasteiger partial charge in [-0.25, -0.2) is 0 Å². The molecule has 0 bridgehead atoms. The molecular formula is C12H18N2O2S. The number of benzene rings is 1. The van der Waals surface area contributed by atoms with Crippen LogP contribution in [0.25, 0.3) is 0 Å². The number of nitrogens with two attached hydrogens (primary N) is 1. The molecular weight excluding hydrogens is 236 g/mol. The van der Waals surface area contributed by atoms with Crippen LogP contribution in [0.4, 0.5) is 5.69 Å². The zero-order valence-electron chi connectivity index (χ0n) is 10.1. The minimum absolute atomic E-state index is 0.0407. The summed E-state index contributed by atoms with van der Waals surface area (Å²) in [5.74, 6) is 0.135. The highest BCUT2D eigenvalue weighted by molar-refractivity contribution is 7.86. The molecule has 0 radical (unpaired) electrons. The molecule has 1 aromatic rings. The summed E-state index contributed by atoms with van der Waals surface area (Å²) < 4.78 is 11.9. The first-order chi connectivity index (χ1) is 8.00. The Morgan fingerprint density at radius 2 is 2.06 bits per heavy atom. The van der Waals surface area contributed by atoms with E-state index in [1.54, 1.807) is 24.3 Å². The van der Waals surface area contributed by atoms with Crippen molar-refractivity contribution in [3.63, 3.8) is 0 Å². The number of hydrogen-bond acceptors (Lipinski definition) is 3. The lowest BCUT2D eigenvalue weighted by Gasteiger charge is -2.08. The van der Waals surface area contributed by atoms with Gasteiger partial charge >= 0.3 is 0 Å². The van der Waals surface area contributed by atoms with Gasteiger partial charge in [-0.05, 0) is 18.1 Å². The summed E-state index contributed by atoms with van der Waals surface area (Å²) in [5, 5.41) is 2.73. The van der Waals surface area contributed by atoms with Crippen LogP contribution in [0, 0.1) is 5.92 Å². The number of carbonyl (C=O) groups is 1. The van der Waals surface area contributed by atoms with Crippen LogP contribution in [0.1, 0.15) is 13.8 Å². The third kappa shape index (κ3) is 4.56. The van der Waals surface area contributed by atoms with E-state index < -0.39 is 10.8 Å². The van der Waals surface area contributed by atoms with Gasteiger partial charge in [0.15, 0.2) is 0 Å². The molecule has 0 spiro atoms. The molecule has 0 saturated heterocycles. The van der Waals surface area contributed by atoms with Crippen molar-refractivity contribution in [2.75, 3.05) is 18.0 Å². The SMILES string of the molecule is CC(C)CNC(=O)CS(=O)c1ccccc1N. The average molecular weight is 254 g/mol. The summed E-state index contributed by atoms with van der Waals surface area (Å²) in [4.78, 5) is 12.0. The van der Waals surface area contributed by atoms with Crippen molar-refractivity contribution in [2.45, 2.75) is 18.7 Å². The van der Waals surface area contributed by atoms with Gasteiger partial charge in [-0.1, -0.05) is 26.0 Å². The molecule has 1 amide bonds. The highest BCUT2D eigenvalue weighted by Crippen LogP contribution is 2.15. The highest BCUT2D eigenvalue weighted by atomic mass is 32.2. The quantitative estimate of drug-likeness (QED) is 0.774. The third-order valence-electron chi connectivity index (χ3n) is 2.13. The van der Waals surface area contributed by atoms with Gasteiger partial charge in [0.25, 0.3) is 0 Å². The minimum atomic E-state index is -1.38. The fourth-order valence-corrected chi connectivity index (χ4v) is 2.31. The number of amides is 1. The molecule has 0 aliphatic rings. The molecule has 4 nitrogen and oxygen atoms in total. The summed E-state index contributed by atoms with van der Waals surface area (Å²) in [7, 11) is -1.38. The fourth-order valence-electron chi connectivity index (χ4n) is 1.25. The topological polar surface area (TPSA) is 72.2 Å². The van der Waals surface area contributed by atoms with Crippen molar-refractivity contribution >= 4 is 22.4 Å². The van der Waals surface area contributed by atoms with Gasteiger partial charge in [-0.3, -0.25) is 9.00 Å². The van der Waals surface area contributed by atoms with Crippen molar-refractivity contribution < 1.29 is 9.00 Å². The predicted molar refractivity (Wildman–Crippen MR) is 70.0 cm³/mol. The molecule has 1 rings (SSSR count). The molecule has 0 aliphatic heterocycles. The number of anilines is 1. The van der Waals surface area contributed by atoms with Gasteiger partial charge < -0.3 is 11.1 Å². The first-order valence-electron chi connectivity index (χ1n) is 5.50. The number of nitrogens with one attached hydrogen (secondary N) is 1.